The van der Waals surface area contributed by atoms with Crippen molar-refractivity contribution < 1.29 is 14.5 Å². The average molecular weight is 317 g/mol. The molecule has 1 aromatic carbocycles. The molecule has 1 amide bonds. The Bertz CT molecular complexity index is 715. The number of aromatic nitrogens is 2. The van der Waals surface area contributed by atoms with Crippen LogP contribution < -0.4 is 15.6 Å². The monoisotopic (exact) mass is 317 g/mol. The maximum atomic E-state index is 11.7. The minimum absolute atomic E-state index is 0.0234. The molecule has 0 bridgehead atoms. The molecule has 2 rings (SSSR count). The van der Waals surface area contributed by atoms with E-state index in [0.717, 1.165) is 11.4 Å². The van der Waals surface area contributed by atoms with Gasteiger partial charge in [0.15, 0.2) is 12.4 Å². The molecule has 2 aromatic rings. The number of amides is 1. The number of para-hydroxylation sites is 2. The number of ether oxygens (including phenoxy) is 1. The third-order valence-corrected chi connectivity index (χ3v) is 2.72. The standard InChI is InChI=1S/C14H15N5O4/c1-9-7-10(2)16-14(15-9)18-17-13(20)8-23-12-6-4-3-5-11(12)19(21)22/h3-7H,8H2,1-2H3,(H,17,20)(H,15,16,18). The number of carbonyl (C=O) groups is 1. The number of anilines is 1. The second kappa shape index (κ2) is 7.16. The molecule has 0 aliphatic rings. The van der Waals surface area contributed by atoms with Crippen LogP contribution in [0.4, 0.5) is 11.6 Å². The number of hydrazine groups is 1. The number of hydrogen-bond acceptors (Lipinski definition) is 7. The number of aryl methyl sites for hydroxylation is 2. The first-order valence-corrected chi connectivity index (χ1v) is 6.69. The highest BCUT2D eigenvalue weighted by Gasteiger charge is 2.14. The fraction of sp³-hybridized carbons (Fsp3) is 0.214. The van der Waals surface area contributed by atoms with E-state index in [0.29, 0.717) is 0 Å². The van der Waals surface area contributed by atoms with Gasteiger partial charge in [-0.25, -0.2) is 9.97 Å². The summed E-state index contributed by atoms with van der Waals surface area (Å²) in [7, 11) is 0. The molecule has 0 spiro atoms. The van der Waals surface area contributed by atoms with Crippen LogP contribution in [-0.4, -0.2) is 27.4 Å². The number of nitro groups is 1. The molecule has 0 fully saturated rings. The van der Waals surface area contributed by atoms with Crippen LogP contribution in [0.25, 0.3) is 0 Å². The van der Waals surface area contributed by atoms with Gasteiger partial charge in [-0.2, -0.15) is 0 Å². The molecule has 1 aromatic heterocycles. The summed E-state index contributed by atoms with van der Waals surface area (Å²) in [4.78, 5) is 30.2. The number of nitrogens with one attached hydrogen (secondary N) is 2. The molecule has 0 radical (unpaired) electrons. The van der Waals surface area contributed by atoms with Gasteiger partial charge in [-0.05, 0) is 26.0 Å². The molecule has 0 saturated heterocycles. The third-order valence-electron chi connectivity index (χ3n) is 2.72. The van der Waals surface area contributed by atoms with Gasteiger partial charge >= 0.3 is 5.69 Å². The fourth-order valence-corrected chi connectivity index (χ4v) is 1.82. The Balaban J connectivity index is 1.89. The van der Waals surface area contributed by atoms with Crippen molar-refractivity contribution in [3.05, 3.63) is 51.8 Å². The molecule has 1 heterocycles. The van der Waals surface area contributed by atoms with Crippen LogP contribution in [0.1, 0.15) is 11.4 Å². The van der Waals surface area contributed by atoms with Crippen molar-refractivity contribution in [1.29, 1.82) is 0 Å². The molecule has 0 atom stereocenters. The van der Waals surface area contributed by atoms with E-state index in [1.54, 1.807) is 26.0 Å². The summed E-state index contributed by atoms with van der Waals surface area (Å²) < 4.78 is 5.16. The largest absolute Gasteiger partial charge is 0.477 e. The van der Waals surface area contributed by atoms with E-state index < -0.39 is 10.8 Å². The molecule has 120 valence electrons. The van der Waals surface area contributed by atoms with E-state index in [4.69, 9.17) is 4.74 Å². The Hall–Kier alpha value is -3.23. The summed E-state index contributed by atoms with van der Waals surface area (Å²) in [5.41, 5.74) is 6.23. The Labute approximate surface area is 131 Å². The minimum atomic E-state index is -0.575. The second-order valence-electron chi connectivity index (χ2n) is 4.66. The summed E-state index contributed by atoms with van der Waals surface area (Å²) >= 11 is 0. The van der Waals surface area contributed by atoms with E-state index >= 15 is 0 Å². The van der Waals surface area contributed by atoms with E-state index in [2.05, 4.69) is 20.8 Å². The topological polar surface area (TPSA) is 119 Å². The fourth-order valence-electron chi connectivity index (χ4n) is 1.82. The first-order chi connectivity index (χ1) is 11.0. The van der Waals surface area contributed by atoms with Gasteiger partial charge in [-0.1, -0.05) is 12.1 Å². The van der Waals surface area contributed by atoms with E-state index in [1.807, 2.05) is 0 Å². The van der Waals surface area contributed by atoms with Gasteiger partial charge in [-0.3, -0.25) is 25.8 Å². The number of hydrogen-bond donors (Lipinski definition) is 2. The van der Waals surface area contributed by atoms with Gasteiger partial charge in [-0.15, -0.1) is 0 Å². The molecule has 0 saturated carbocycles. The number of carbonyl (C=O) groups excluding carboxylic acids is 1. The summed E-state index contributed by atoms with van der Waals surface area (Å²) in [6, 6.07) is 7.62. The zero-order valence-corrected chi connectivity index (χ0v) is 12.6. The lowest BCUT2D eigenvalue weighted by molar-refractivity contribution is -0.385. The Morgan fingerprint density at radius 1 is 1.26 bits per heavy atom. The maximum absolute atomic E-state index is 11.7. The lowest BCUT2D eigenvalue weighted by Gasteiger charge is -2.09. The van der Waals surface area contributed by atoms with Crippen molar-refractivity contribution in [1.82, 2.24) is 15.4 Å². The molecule has 23 heavy (non-hydrogen) atoms. The molecule has 2 N–H and O–H groups in total. The first kappa shape index (κ1) is 16.1. The third kappa shape index (κ3) is 4.63. The van der Waals surface area contributed by atoms with Gasteiger partial charge in [0.2, 0.25) is 5.95 Å². The summed E-state index contributed by atoms with van der Waals surface area (Å²) in [5.74, 6) is -0.247. The smallest absolute Gasteiger partial charge is 0.310 e. The maximum Gasteiger partial charge on any atom is 0.310 e. The lowest BCUT2D eigenvalue weighted by Crippen LogP contribution is -2.34. The minimum Gasteiger partial charge on any atom is -0.477 e. The van der Waals surface area contributed by atoms with Crippen LogP contribution in [0.5, 0.6) is 5.75 Å². The Morgan fingerprint density at radius 2 is 1.91 bits per heavy atom. The normalized spacial score (nSPS) is 10.0. The van der Waals surface area contributed by atoms with Crippen molar-refractivity contribution in [3.8, 4) is 5.75 Å². The van der Waals surface area contributed by atoms with Gasteiger partial charge in [0.1, 0.15) is 0 Å². The van der Waals surface area contributed by atoms with E-state index in [9.17, 15) is 14.9 Å². The predicted octanol–water partition coefficient (Wildman–Crippen LogP) is 1.52. The SMILES string of the molecule is Cc1cc(C)nc(NNC(=O)COc2ccccc2[N+](=O)[O-])n1. The van der Waals surface area contributed by atoms with Crippen LogP contribution in [0.3, 0.4) is 0 Å². The molecular formula is C14H15N5O4. The molecule has 0 unspecified atom stereocenters. The van der Waals surface area contributed by atoms with Crippen molar-refractivity contribution >= 4 is 17.5 Å². The second-order valence-corrected chi connectivity index (χ2v) is 4.66. The van der Waals surface area contributed by atoms with Crippen molar-refractivity contribution in [3.63, 3.8) is 0 Å². The summed E-state index contributed by atoms with van der Waals surface area (Å²) in [6.07, 6.45) is 0. The zero-order valence-electron chi connectivity index (χ0n) is 12.6. The van der Waals surface area contributed by atoms with Crippen LogP contribution in [0.15, 0.2) is 30.3 Å². The Morgan fingerprint density at radius 3 is 2.57 bits per heavy atom. The highest BCUT2D eigenvalue weighted by atomic mass is 16.6. The molecule has 0 aliphatic carbocycles. The summed E-state index contributed by atoms with van der Waals surface area (Å²) in [5, 5.41) is 10.8. The summed E-state index contributed by atoms with van der Waals surface area (Å²) in [6.45, 7) is 3.22. The molecule has 0 aliphatic heterocycles. The van der Waals surface area contributed by atoms with Gasteiger partial charge in [0, 0.05) is 17.5 Å². The Kier molecular flexibility index (Phi) is 5.03. The van der Waals surface area contributed by atoms with Crippen LogP contribution >= 0.6 is 0 Å². The number of nitrogens with zero attached hydrogens (tertiary/aromatic N) is 3. The average Bonchev–Trinajstić information content (AvgIpc) is 2.50. The predicted molar refractivity (Wildman–Crippen MR) is 81.9 cm³/mol. The van der Waals surface area contributed by atoms with Crippen molar-refractivity contribution in [2.75, 3.05) is 12.0 Å². The van der Waals surface area contributed by atoms with Gasteiger partial charge in [0.25, 0.3) is 5.91 Å². The highest BCUT2D eigenvalue weighted by Crippen LogP contribution is 2.25. The van der Waals surface area contributed by atoms with Crippen molar-refractivity contribution in [2.24, 2.45) is 0 Å². The van der Waals surface area contributed by atoms with E-state index in [1.165, 1.54) is 18.2 Å². The lowest BCUT2D eigenvalue weighted by atomic mass is 10.3. The van der Waals surface area contributed by atoms with Crippen LogP contribution in [-0.2, 0) is 4.79 Å². The molecular weight excluding hydrogens is 302 g/mol. The van der Waals surface area contributed by atoms with Crippen LogP contribution in [0.2, 0.25) is 0 Å². The number of rotatable bonds is 6. The highest BCUT2D eigenvalue weighted by molar-refractivity contribution is 5.78. The number of benzene rings is 1. The van der Waals surface area contributed by atoms with Gasteiger partial charge in [0.05, 0.1) is 4.92 Å². The zero-order chi connectivity index (χ0) is 16.8. The van der Waals surface area contributed by atoms with Crippen LogP contribution in [0, 0.1) is 24.0 Å². The quantitative estimate of drug-likeness (QED) is 0.612. The number of nitro benzene ring substituents is 1. The molecule has 9 nitrogen and oxygen atoms in total. The molecule has 9 heteroatoms. The van der Waals surface area contributed by atoms with E-state index in [-0.39, 0.29) is 24.0 Å². The first-order valence-electron chi connectivity index (χ1n) is 6.69. The van der Waals surface area contributed by atoms with Crippen molar-refractivity contribution in [2.45, 2.75) is 13.8 Å². The van der Waals surface area contributed by atoms with Gasteiger partial charge < -0.3 is 4.74 Å².